The van der Waals surface area contributed by atoms with Gasteiger partial charge < -0.3 is 14.8 Å². The summed E-state index contributed by atoms with van der Waals surface area (Å²) in [4.78, 5) is 14.0. The molecule has 1 unspecified atom stereocenters. The summed E-state index contributed by atoms with van der Waals surface area (Å²) in [7, 11) is 0. The van der Waals surface area contributed by atoms with E-state index in [1.165, 1.54) is 23.1 Å². The zero-order valence-electron chi connectivity index (χ0n) is 13.4. The van der Waals surface area contributed by atoms with E-state index in [-0.39, 0.29) is 18.2 Å². The van der Waals surface area contributed by atoms with Crippen LogP contribution in [0.4, 0.5) is 0 Å². The molecular weight excluding hydrogens is 378 g/mol. The van der Waals surface area contributed by atoms with Crippen molar-refractivity contribution in [1.29, 1.82) is 0 Å². The highest BCUT2D eigenvalue weighted by Gasteiger charge is 2.25. The summed E-state index contributed by atoms with van der Waals surface area (Å²) in [6.07, 6.45) is 0. The fraction of sp³-hybridized carbons (Fsp3) is 0.167. The molecule has 25 heavy (non-hydrogen) atoms. The van der Waals surface area contributed by atoms with E-state index in [9.17, 15) is 9.90 Å². The fourth-order valence-electron chi connectivity index (χ4n) is 2.13. The standard InChI is InChI=1S/C18H16ClNO3S2/c1-18(22,15-3-2-10-24-15)11-20-17(21)14-8-9-16(23-14)25-13-6-4-12(19)5-7-13/h2-10,22H,11H2,1H3,(H,20,21). The second-order valence-corrected chi connectivity index (χ2v) is 8.07. The first-order valence-electron chi connectivity index (χ1n) is 7.52. The Kier molecular flexibility index (Phi) is 5.54. The van der Waals surface area contributed by atoms with Crippen molar-refractivity contribution in [3.8, 4) is 0 Å². The zero-order chi connectivity index (χ0) is 17.9. The van der Waals surface area contributed by atoms with Gasteiger partial charge in [0.15, 0.2) is 10.9 Å². The van der Waals surface area contributed by atoms with Crippen LogP contribution in [-0.4, -0.2) is 17.6 Å². The Hall–Kier alpha value is -1.73. The molecule has 0 radical (unpaired) electrons. The summed E-state index contributed by atoms with van der Waals surface area (Å²) in [6.45, 7) is 1.77. The smallest absolute Gasteiger partial charge is 0.287 e. The molecule has 0 saturated carbocycles. The van der Waals surface area contributed by atoms with Crippen LogP contribution in [0.25, 0.3) is 0 Å². The summed E-state index contributed by atoms with van der Waals surface area (Å²) >= 11 is 8.71. The van der Waals surface area contributed by atoms with Gasteiger partial charge in [-0.05, 0) is 54.8 Å². The number of hydrogen-bond acceptors (Lipinski definition) is 5. The topological polar surface area (TPSA) is 62.5 Å². The number of rotatable bonds is 6. The largest absolute Gasteiger partial charge is 0.444 e. The van der Waals surface area contributed by atoms with E-state index in [0.717, 1.165) is 9.77 Å². The number of carbonyl (C=O) groups excluding carboxylic acids is 1. The van der Waals surface area contributed by atoms with Crippen LogP contribution in [0.3, 0.4) is 0 Å². The van der Waals surface area contributed by atoms with E-state index >= 15 is 0 Å². The van der Waals surface area contributed by atoms with Crippen LogP contribution in [0.5, 0.6) is 0 Å². The monoisotopic (exact) mass is 393 g/mol. The molecular formula is C18H16ClNO3S2. The predicted octanol–water partition coefficient (Wildman–Crippen LogP) is 4.78. The molecule has 0 spiro atoms. The van der Waals surface area contributed by atoms with Crippen LogP contribution >= 0.6 is 34.7 Å². The summed E-state index contributed by atoms with van der Waals surface area (Å²) in [5.41, 5.74) is -1.11. The Bertz CT molecular complexity index is 842. The minimum Gasteiger partial charge on any atom is -0.444 e. The lowest BCUT2D eigenvalue weighted by Gasteiger charge is -2.21. The second-order valence-electron chi connectivity index (χ2n) is 5.61. The molecule has 0 aliphatic carbocycles. The third-order valence-corrected chi connectivity index (χ3v) is 5.79. The number of amides is 1. The third-order valence-electron chi connectivity index (χ3n) is 3.48. The fourth-order valence-corrected chi connectivity index (χ4v) is 3.81. The zero-order valence-corrected chi connectivity index (χ0v) is 15.8. The maximum absolute atomic E-state index is 12.2. The van der Waals surface area contributed by atoms with Crippen molar-refractivity contribution in [1.82, 2.24) is 5.32 Å². The number of nitrogens with one attached hydrogen (secondary N) is 1. The van der Waals surface area contributed by atoms with Crippen molar-refractivity contribution in [3.63, 3.8) is 0 Å². The van der Waals surface area contributed by atoms with Crippen molar-refractivity contribution in [2.24, 2.45) is 0 Å². The van der Waals surface area contributed by atoms with Gasteiger partial charge in [-0.1, -0.05) is 29.4 Å². The Morgan fingerprint density at radius 2 is 2.04 bits per heavy atom. The first kappa shape index (κ1) is 18.1. The molecule has 4 nitrogen and oxygen atoms in total. The third kappa shape index (κ3) is 4.67. The van der Waals surface area contributed by atoms with Crippen molar-refractivity contribution in [2.75, 3.05) is 6.54 Å². The molecule has 3 rings (SSSR count). The van der Waals surface area contributed by atoms with Gasteiger partial charge in [0.05, 0.1) is 6.54 Å². The summed E-state index contributed by atoms with van der Waals surface area (Å²) in [5.74, 6) is -0.154. The van der Waals surface area contributed by atoms with Gasteiger partial charge in [-0.2, -0.15) is 0 Å². The lowest BCUT2D eigenvalue weighted by molar-refractivity contribution is 0.0547. The Morgan fingerprint density at radius 1 is 1.28 bits per heavy atom. The average molecular weight is 394 g/mol. The average Bonchev–Trinajstić information content (AvgIpc) is 3.27. The van der Waals surface area contributed by atoms with Gasteiger partial charge in [0.25, 0.3) is 5.91 Å². The number of carbonyl (C=O) groups is 1. The highest BCUT2D eigenvalue weighted by atomic mass is 35.5. The van der Waals surface area contributed by atoms with Crippen LogP contribution in [0.2, 0.25) is 5.02 Å². The molecule has 1 atom stereocenters. The van der Waals surface area contributed by atoms with Gasteiger partial charge in [0.2, 0.25) is 0 Å². The van der Waals surface area contributed by atoms with E-state index in [1.54, 1.807) is 31.2 Å². The van der Waals surface area contributed by atoms with Gasteiger partial charge in [-0.25, -0.2) is 0 Å². The van der Waals surface area contributed by atoms with Crippen LogP contribution in [-0.2, 0) is 5.60 Å². The summed E-state index contributed by atoms with van der Waals surface area (Å²) in [6, 6.07) is 14.4. The molecule has 2 heterocycles. The lowest BCUT2D eigenvalue weighted by Crippen LogP contribution is -2.37. The van der Waals surface area contributed by atoms with Crippen LogP contribution in [0, 0.1) is 0 Å². The van der Waals surface area contributed by atoms with Gasteiger partial charge in [-0.3, -0.25) is 4.79 Å². The highest BCUT2D eigenvalue weighted by molar-refractivity contribution is 7.99. The Labute approximate surface area is 158 Å². The number of aliphatic hydroxyl groups is 1. The normalized spacial score (nSPS) is 13.4. The number of furan rings is 1. The van der Waals surface area contributed by atoms with Gasteiger partial charge in [-0.15, -0.1) is 11.3 Å². The van der Waals surface area contributed by atoms with Crippen molar-refractivity contribution < 1.29 is 14.3 Å². The van der Waals surface area contributed by atoms with Gasteiger partial charge >= 0.3 is 0 Å². The minimum atomic E-state index is -1.11. The maximum atomic E-state index is 12.2. The minimum absolute atomic E-state index is 0.104. The lowest BCUT2D eigenvalue weighted by atomic mass is 10.1. The van der Waals surface area contributed by atoms with Crippen LogP contribution in [0.1, 0.15) is 22.4 Å². The molecule has 2 N–H and O–H groups in total. The molecule has 1 aromatic carbocycles. The van der Waals surface area contributed by atoms with Crippen molar-refractivity contribution in [3.05, 3.63) is 69.6 Å². The van der Waals surface area contributed by atoms with Crippen molar-refractivity contribution >= 4 is 40.6 Å². The Balaban J connectivity index is 1.60. The molecule has 0 saturated heterocycles. The number of halogens is 1. The molecule has 0 aliphatic rings. The van der Waals surface area contributed by atoms with E-state index < -0.39 is 5.60 Å². The molecule has 7 heteroatoms. The highest BCUT2D eigenvalue weighted by Crippen LogP contribution is 2.30. The van der Waals surface area contributed by atoms with Crippen LogP contribution < -0.4 is 5.32 Å². The van der Waals surface area contributed by atoms with E-state index in [0.29, 0.717) is 10.1 Å². The van der Waals surface area contributed by atoms with Gasteiger partial charge in [0.1, 0.15) is 5.60 Å². The van der Waals surface area contributed by atoms with Crippen molar-refractivity contribution in [2.45, 2.75) is 22.5 Å². The van der Waals surface area contributed by atoms with E-state index in [2.05, 4.69) is 5.32 Å². The molecule has 0 aliphatic heterocycles. The number of thiophene rings is 1. The molecule has 0 bridgehead atoms. The molecule has 130 valence electrons. The second kappa shape index (κ2) is 7.66. The van der Waals surface area contributed by atoms with Gasteiger partial charge in [0, 0.05) is 14.8 Å². The first-order valence-corrected chi connectivity index (χ1v) is 9.59. The molecule has 0 fully saturated rings. The predicted molar refractivity (Wildman–Crippen MR) is 101 cm³/mol. The SMILES string of the molecule is CC(O)(CNC(=O)c1ccc(Sc2ccc(Cl)cc2)o1)c1cccs1. The quantitative estimate of drug-likeness (QED) is 0.632. The van der Waals surface area contributed by atoms with E-state index in [4.69, 9.17) is 16.0 Å². The Morgan fingerprint density at radius 3 is 2.72 bits per heavy atom. The number of benzene rings is 1. The first-order chi connectivity index (χ1) is 11.9. The summed E-state index contributed by atoms with van der Waals surface area (Å²) in [5, 5.41) is 16.3. The maximum Gasteiger partial charge on any atom is 0.287 e. The molecule has 3 aromatic rings. The molecule has 2 aromatic heterocycles. The number of hydrogen-bond donors (Lipinski definition) is 2. The van der Waals surface area contributed by atoms with Crippen LogP contribution in [0.15, 0.2) is 68.3 Å². The summed E-state index contributed by atoms with van der Waals surface area (Å²) < 4.78 is 5.57. The molecule has 1 amide bonds. The van der Waals surface area contributed by atoms with E-state index in [1.807, 2.05) is 29.6 Å².